The summed E-state index contributed by atoms with van der Waals surface area (Å²) in [7, 11) is 1.48. The second-order valence-electron chi connectivity index (χ2n) is 10.4. The summed E-state index contributed by atoms with van der Waals surface area (Å²) in [4.78, 5) is 10.7. The molecular weight excluding hydrogens is 521 g/mol. The maximum Gasteiger partial charge on any atom is 0.283 e. The third-order valence-corrected chi connectivity index (χ3v) is 7.61. The fourth-order valence-electron chi connectivity index (χ4n) is 5.72. The zero-order chi connectivity index (χ0) is 27.9. The van der Waals surface area contributed by atoms with Gasteiger partial charge < -0.3 is 20.1 Å². The SMILES string of the molecule is COc1cc2c3c([nH]c2cn1)C(c1c(F)cc(NC2CN(CCCF)C2)cc1F)N(CC(F)(F)CO)[C@@H](C)C3. The van der Waals surface area contributed by atoms with Crippen LogP contribution in [0.15, 0.2) is 24.4 Å². The monoisotopic (exact) mass is 553 g/mol. The van der Waals surface area contributed by atoms with Gasteiger partial charge in [0.2, 0.25) is 5.88 Å². The van der Waals surface area contributed by atoms with E-state index in [2.05, 4.69) is 15.3 Å². The summed E-state index contributed by atoms with van der Waals surface area (Å²) in [6.45, 7) is 0.935. The molecular formula is C27H32F5N5O2. The second kappa shape index (κ2) is 10.9. The van der Waals surface area contributed by atoms with Crippen LogP contribution >= 0.6 is 0 Å². The second-order valence-corrected chi connectivity index (χ2v) is 10.4. The quantitative estimate of drug-likeness (QED) is 0.326. The summed E-state index contributed by atoms with van der Waals surface area (Å²) in [5, 5.41) is 13.1. The molecule has 2 aliphatic rings. The molecule has 1 saturated heterocycles. The number of halogens is 5. The number of aliphatic hydroxyl groups excluding tert-OH is 1. The first kappa shape index (κ1) is 27.6. The first-order valence-corrected chi connectivity index (χ1v) is 13.0. The number of anilines is 1. The number of H-pyrrole nitrogens is 1. The molecule has 0 amide bonds. The molecule has 212 valence electrons. The first-order valence-electron chi connectivity index (χ1n) is 13.0. The molecule has 0 radical (unpaired) electrons. The van der Waals surface area contributed by atoms with E-state index in [1.54, 1.807) is 13.0 Å². The maximum absolute atomic E-state index is 15.8. The minimum absolute atomic E-state index is 0.0357. The third kappa shape index (κ3) is 5.42. The number of methoxy groups -OCH3 is 1. The van der Waals surface area contributed by atoms with Gasteiger partial charge in [-0.3, -0.25) is 14.2 Å². The van der Waals surface area contributed by atoms with Gasteiger partial charge in [-0.2, -0.15) is 0 Å². The van der Waals surface area contributed by atoms with E-state index in [1.165, 1.54) is 30.3 Å². The van der Waals surface area contributed by atoms with Crippen LogP contribution in [-0.4, -0.2) is 89.5 Å². The van der Waals surface area contributed by atoms with Gasteiger partial charge in [0.05, 0.1) is 44.1 Å². The Bertz CT molecular complexity index is 1310. The fraction of sp³-hybridized carbons (Fsp3) is 0.519. The van der Waals surface area contributed by atoms with E-state index in [9.17, 15) is 18.3 Å². The Balaban J connectivity index is 1.52. The minimum Gasteiger partial charge on any atom is -0.481 e. The topological polar surface area (TPSA) is 76.7 Å². The Kier molecular flexibility index (Phi) is 7.71. The van der Waals surface area contributed by atoms with Gasteiger partial charge in [0.15, 0.2) is 0 Å². The van der Waals surface area contributed by atoms with Crippen LogP contribution in [0.5, 0.6) is 5.88 Å². The summed E-state index contributed by atoms with van der Waals surface area (Å²) in [6, 6.07) is 2.30. The van der Waals surface area contributed by atoms with Crippen molar-refractivity contribution in [3.8, 4) is 5.88 Å². The number of benzene rings is 1. The molecule has 3 aromatic rings. The lowest BCUT2D eigenvalue weighted by Crippen LogP contribution is -2.54. The molecule has 2 atom stereocenters. The van der Waals surface area contributed by atoms with E-state index in [-0.39, 0.29) is 17.3 Å². The molecule has 4 heterocycles. The lowest BCUT2D eigenvalue weighted by atomic mass is 9.87. The Labute approximate surface area is 223 Å². The number of fused-ring (bicyclic) bond motifs is 3. The van der Waals surface area contributed by atoms with Crippen LogP contribution in [0.25, 0.3) is 10.9 Å². The summed E-state index contributed by atoms with van der Waals surface area (Å²) in [5.41, 5.74) is 1.62. The molecule has 2 aromatic heterocycles. The average molecular weight is 554 g/mol. The Morgan fingerprint density at radius 3 is 2.56 bits per heavy atom. The number of hydrogen-bond donors (Lipinski definition) is 3. The van der Waals surface area contributed by atoms with Gasteiger partial charge in [0, 0.05) is 54.1 Å². The molecule has 1 aromatic carbocycles. The average Bonchev–Trinajstić information content (AvgIpc) is 3.23. The van der Waals surface area contributed by atoms with E-state index in [0.717, 1.165) is 10.9 Å². The van der Waals surface area contributed by atoms with Crippen molar-refractivity contribution in [3.05, 3.63) is 52.9 Å². The summed E-state index contributed by atoms with van der Waals surface area (Å²) in [5.74, 6) is -4.87. The molecule has 2 aliphatic heterocycles. The zero-order valence-corrected chi connectivity index (χ0v) is 21.8. The van der Waals surface area contributed by atoms with E-state index in [1.807, 2.05) is 4.90 Å². The molecule has 0 aliphatic carbocycles. The number of aromatic nitrogens is 2. The number of aromatic amines is 1. The molecule has 39 heavy (non-hydrogen) atoms. The van der Waals surface area contributed by atoms with Crippen molar-refractivity contribution < 1.29 is 31.8 Å². The van der Waals surface area contributed by atoms with Crippen LogP contribution in [0.3, 0.4) is 0 Å². The molecule has 1 unspecified atom stereocenters. The van der Waals surface area contributed by atoms with Crippen molar-refractivity contribution >= 4 is 16.6 Å². The van der Waals surface area contributed by atoms with Gasteiger partial charge in [-0.05, 0) is 37.5 Å². The van der Waals surface area contributed by atoms with Crippen LogP contribution in [0.1, 0.15) is 36.2 Å². The standard InChI is InChI=1S/C27H32F5N5O2/c1-15-6-19-18-9-23(39-2)33-10-22(18)35-25(19)26(37(15)13-27(31,32)14-38)24-20(29)7-16(8-21(24)30)34-17-11-36(12-17)5-3-4-28/h7-10,15,17,26,34-35,38H,3-6,11-14H2,1-2H3/t15-,26?/m0/s1. The lowest BCUT2D eigenvalue weighted by molar-refractivity contribution is -0.0869. The van der Waals surface area contributed by atoms with Crippen molar-refractivity contribution in [3.63, 3.8) is 0 Å². The molecule has 7 nitrogen and oxygen atoms in total. The summed E-state index contributed by atoms with van der Waals surface area (Å²) >= 11 is 0. The first-order chi connectivity index (χ1) is 18.6. The highest BCUT2D eigenvalue weighted by atomic mass is 19.3. The van der Waals surface area contributed by atoms with Crippen molar-refractivity contribution in [1.29, 1.82) is 0 Å². The third-order valence-electron chi connectivity index (χ3n) is 7.61. The number of nitrogens with zero attached hydrogens (tertiary/aromatic N) is 3. The number of rotatable bonds is 10. The molecule has 0 spiro atoms. The number of likely N-dealkylation sites (tertiary alicyclic amines) is 1. The van der Waals surface area contributed by atoms with Gasteiger partial charge in [0.25, 0.3) is 5.92 Å². The fourth-order valence-corrected chi connectivity index (χ4v) is 5.72. The van der Waals surface area contributed by atoms with Gasteiger partial charge in [0.1, 0.15) is 18.2 Å². The van der Waals surface area contributed by atoms with Crippen LogP contribution in [0.2, 0.25) is 0 Å². The van der Waals surface area contributed by atoms with Crippen LogP contribution in [0, 0.1) is 11.6 Å². The van der Waals surface area contributed by atoms with E-state index >= 15 is 8.78 Å². The van der Waals surface area contributed by atoms with E-state index < -0.39 is 49.5 Å². The predicted molar refractivity (Wildman–Crippen MR) is 137 cm³/mol. The molecule has 5 rings (SSSR count). The number of alkyl halides is 3. The van der Waals surface area contributed by atoms with Crippen molar-refractivity contribution in [1.82, 2.24) is 19.8 Å². The van der Waals surface area contributed by atoms with Crippen LogP contribution in [0.4, 0.5) is 27.6 Å². The number of aliphatic hydroxyl groups is 1. The molecule has 1 fully saturated rings. The number of hydrogen-bond acceptors (Lipinski definition) is 6. The largest absolute Gasteiger partial charge is 0.481 e. The maximum atomic E-state index is 15.8. The minimum atomic E-state index is -3.48. The van der Waals surface area contributed by atoms with Crippen LogP contribution < -0.4 is 10.1 Å². The highest BCUT2D eigenvalue weighted by Crippen LogP contribution is 2.44. The normalized spacial score (nSPS) is 20.7. The Hall–Kier alpha value is -2.96. The predicted octanol–water partition coefficient (Wildman–Crippen LogP) is 4.27. The highest BCUT2D eigenvalue weighted by molar-refractivity contribution is 5.85. The lowest BCUT2D eigenvalue weighted by Gasteiger charge is -2.42. The molecule has 0 saturated carbocycles. The Morgan fingerprint density at radius 2 is 1.92 bits per heavy atom. The van der Waals surface area contributed by atoms with Gasteiger partial charge >= 0.3 is 0 Å². The van der Waals surface area contributed by atoms with Crippen molar-refractivity contribution in [2.24, 2.45) is 0 Å². The van der Waals surface area contributed by atoms with Gasteiger partial charge in [-0.25, -0.2) is 22.5 Å². The van der Waals surface area contributed by atoms with Gasteiger partial charge in [-0.1, -0.05) is 0 Å². The number of nitrogens with one attached hydrogen (secondary N) is 2. The number of pyridine rings is 1. The Morgan fingerprint density at radius 1 is 1.21 bits per heavy atom. The zero-order valence-electron chi connectivity index (χ0n) is 21.8. The molecule has 0 bridgehead atoms. The smallest absolute Gasteiger partial charge is 0.283 e. The molecule has 3 N–H and O–H groups in total. The van der Waals surface area contributed by atoms with Crippen molar-refractivity contribution in [2.75, 3.05) is 51.9 Å². The van der Waals surface area contributed by atoms with Crippen molar-refractivity contribution in [2.45, 2.75) is 43.8 Å². The van der Waals surface area contributed by atoms with Crippen LogP contribution in [-0.2, 0) is 6.42 Å². The molecule has 12 heteroatoms. The summed E-state index contributed by atoms with van der Waals surface area (Å²) in [6.07, 6.45) is 2.31. The number of ether oxygens (including phenoxy) is 1. The van der Waals surface area contributed by atoms with Gasteiger partial charge in [-0.15, -0.1) is 0 Å². The van der Waals surface area contributed by atoms with E-state index in [0.29, 0.717) is 49.6 Å². The highest BCUT2D eigenvalue weighted by Gasteiger charge is 2.43. The van der Waals surface area contributed by atoms with E-state index in [4.69, 9.17) is 4.74 Å². The summed E-state index contributed by atoms with van der Waals surface area (Å²) < 4.78 is 78.1.